The lowest BCUT2D eigenvalue weighted by atomic mass is 9.73. The zero-order valence-electron chi connectivity index (χ0n) is 16.4. The van der Waals surface area contributed by atoms with E-state index in [1.807, 2.05) is 42.3 Å². The number of carbonyl (C=O) groups is 1. The third-order valence-corrected chi connectivity index (χ3v) is 5.44. The Morgan fingerprint density at radius 3 is 2.62 bits per heavy atom. The summed E-state index contributed by atoms with van der Waals surface area (Å²) in [5.41, 5.74) is -0.944. The Bertz CT molecular complexity index is 623. The van der Waals surface area contributed by atoms with Crippen LogP contribution in [0.3, 0.4) is 0 Å². The maximum atomic E-state index is 13.0. The lowest BCUT2D eigenvalue weighted by Gasteiger charge is -2.37. The third-order valence-electron chi connectivity index (χ3n) is 5.44. The number of esters is 1. The van der Waals surface area contributed by atoms with Crippen LogP contribution in [0.2, 0.25) is 0 Å². The SMILES string of the molecule is CN1CCCN=C1COC(=O)C(O)(c1ccccc1)C1CCCCC1.[Cl-].[H+]. The standard InChI is InChI=1S/C20H28N2O3.ClH/c1-22-14-8-13-21-18(22)15-25-19(23)20(24,16-9-4-2-5-10-16)17-11-6-3-7-12-17;/h2,4-5,9-10,17,24H,3,6-8,11-15H2,1H3;1H. The van der Waals surface area contributed by atoms with Gasteiger partial charge in [0, 0.05) is 26.1 Å². The molecule has 1 aromatic rings. The van der Waals surface area contributed by atoms with Crippen molar-refractivity contribution in [1.29, 1.82) is 0 Å². The number of hydrogen-bond donors (Lipinski definition) is 1. The average molecular weight is 381 g/mol. The zero-order valence-corrected chi connectivity index (χ0v) is 16.1. The number of ether oxygens (including phenoxy) is 1. The number of hydrogen-bond acceptors (Lipinski definition) is 5. The van der Waals surface area contributed by atoms with Gasteiger partial charge in [-0.25, -0.2) is 4.79 Å². The highest BCUT2D eigenvalue weighted by molar-refractivity contribution is 5.88. The minimum absolute atomic E-state index is 0. The van der Waals surface area contributed by atoms with Gasteiger partial charge in [-0.2, -0.15) is 0 Å². The van der Waals surface area contributed by atoms with Crippen LogP contribution >= 0.6 is 0 Å². The van der Waals surface area contributed by atoms with Gasteiger partial charge in [-0.3, -0.25) is 4.99 Å². The van der Waals surface area contributed by atoms with Gasteiger partial charge in [0.05, 0.1) is 0 Å². The molecule has 1 aliphatic carbocycles. The summed E-state index contributed by atoms with van der Waals surface area (Å²) in [7, 11) is 1.95. The van der Waals surface area contributed by atoms with Crippen molar-refractivity contribution >= 4 is 11.8 Å². The molecule has 0 saturated heterocycles. The largest absolute Gasteiger partial charge is 1.00 e. The number of halogens is 1. The highest BCUT2D eigenvalue weighted by Gasteiger charge is 2.47. The quantitative estimate of drug-likeness (QED) is 0.722. The van der Waals surface area contributed by atoms with E-state index in [9.17, 15) is 9.90 Å². The van der Waals surface area contributed by atoms with Gasteiger partial charge in [-0.05, 0) is 24.8 Å². The molecule has 1 N–H and O–H groups in total. The molecule has 0 aromatic heterocycles. The molecule has 0 bridgehead atoms. The van der Waals surface area contributed by atoms with Crippen molar-refractivity contribution in [2.75, 3.05) is 26.7 Å². The predicted octanol–water partition coefficient (Wildman–Crippen LogP) is -0.152. The summed E-state index contributed by atoms with van der Waals surface area (Å²) in [6, 6.07) is 9.24. The summed E-state index contributed by atoms with van der Waals surface area (Å²) in [5, 5.41) is 11.4. The number of aliphatic imine (C=N–C) groups is 1. The number of benzene rings is 1. The molecule has 0 spiro atoms. The maximum Gasteiger partial charge on any atom is 1.00 e. The number of aliphatic hydroxyl groups is 1. The Morgan fingerprint density at radius 1 is 1.27 bits per heavy atom. The molecule has 1 aliphatic heterocycles. The molecule has 0 radical (unpaired) electrons. The van der Waals surface area contributed by atoms with Gasteiger partial charge in [0.15, 0.2) is 5.60 Å². The molecule has 3 rings (SSSR count). The van der Waals surface area contributed by atoms with Crippen LogP contribution in [0.4, 0.5) is 0 Å². The van der Waals surface area contributed by atoms with E-state index in [0.717, 1.165) is 57.5 Å². The third kappa shape index (κ3) is 4.38. The Balaban J connectivity index is 0.00000182. The topological polar surface area (TPSA) is 62.1 Å². The summed E-state index contributed by atoms with van der Waals surface area (Å²) < 4.78 is 5.56. The highest BCUT2D eigenvalue weighted by Crippen LogP contribution is 2.40. The van der Waals surface area contributed by atoms with E-state index in [4.69, 9.17) is 4.74 Å². The van der Waals surface area contributed by atoms with E-state index in [1.54, 1.807) is 0 Å². The minimum Gasteiger partial charge on any atom is -1.00 e. The van der Waals surface area contributed by atoms with Gasteiger partial charge in [0.2, 0.25) is 0 Å². The molecule has 2 aliphatic rings. The maximum absolute atomic E-state index is 13.0. The first-order valence-corrected chi connectivity index (χ1v) is 9.32. The Kier molecular flexibility index (Phi) is 7.47. The second-order valence-electron chi connectivity index (χ2n) is 7.12. The Morgan fingerprint density at radius 2 is 1.96 bits per heavy atom. The van der Waals surface area contributed by atoms with Gasteiger partial charge >= 0.3 is 7.40 Å². The van der Waals surface area contributed by atoms with Crippen molar-refractivity contribution in [1.82, 2.24) is 4.90 Å². The monoisotopic (exact) mass is 380 g/mol. The molecular weight excluding hydrogens is 352 g/mol. The fraction of sp³-hybridized carbons (Fsp3) is 0.600. The van der Waals surface area contributed by atoms with Crippen molar-refractivity contribution < 1.29 is 28.5 Å². The second-order valence-corrected chi connectivity index (χ2v) is 7.12. The van der Waals surface area contributed by atoms with Crippen LogP contribution in [0.5, 0.6) is 0 Å². The van der Waals surface area contributed by atoms with Gasteiger partial charge in [0.1, 0.15) is 12.4 Å². The van der Waals surface area contributed by atoms with Gasteiger partial charge in [-0.1, -0.05) is 49.6 Å². The van der Waals surface area contributed by atoms with Crippen LogP contribution in [-0.2, 0) is 15.1 Å². The first-order valence-electron chi connectivity index (χ1n) is 9.32. The highest BCUT2D eigenvalue weighted by atomic mass is 35.5. The van der Waals surface area contributed by atoms with Crippen LogP contribution in [0, 0.1) is 5.92 Å². The summed E-state index contributed by atoms with van der Waals surface area (Å²) in [6.07, 6.45) is 5.97. The molecule has 1 fully saturated rings. The number of rotatable bonds is 5. The van der Waals surface area contributed by atoms with E-state index in [0.29, 0.717) is 5.56 Å². The first-order chi connectivity index (χ1) is 12.1. The van der Waals surface area contributed by atoms with Crippen LogP contribution < -0.4 is 12.4 Å². The number of amidine groups is 1. The molecule has 1 aromatic carbocycles. The van der Waals surface area contributed by atoms with Crippen molar-refractivity contribution in [2.24, 2.45) is 10.9 Å². The van der Waals surface area contributed by atoms with E-state index < -0.39 is 11.6 Å². The van der Waals surface area contributed by atoms with Crippen molar-refractivity contribution in [3.63, 3.8) is 0 Å². The molecule has 1 atom stereocenters. The first kappa shape index (κ1) is 20.7. The fourth-order valence-corrected chi connectivity index (χ4v) is 3.89. The summed E-state index contributed by atoms with van der Waals surface area (Å²) in [6.45, 7) is 1.81. The molecule has 144 valence electrons. The molecule has 1 heterocycles. The molecule has 5 nitrogen and oxygen atoms in total. The van der Waals surface area contributed by atoms with E-state index in [1.165, 1.54) is 0 Å². The molecule has 6 heteroatoms. The molecule has 1 unspecified atom stereocenters. The van der Waals surface area contributed by atoms with Crippen molar-refractivity contribution in [3.8, 4) is 0 Å². The minimum atomic E-state index is -1.57. The van der Waals surface area contributed by atoms with E-state index >= 15 is 0 Å². The van der Waals surface area contributed by atoms with Crippen LogP contribution in [0.15, 0.2) is 35.3 Å². The molecular formula is C20H29ClN2O3. The fourth-order valence-electron chi connectivity index (χ4n) is 3.89. The summed E-state index contributed by atoms with van der Waals surface area (Å²) >= 11 is 0. The van der Waals surface area contributed by atoms with Crippen molar-refractivity contribution in [2.45, 2.75) is 44.1 Å². The van der Waals surface area contributed by atoms with Gasteiger partial charge in [0.25, 0.3) is 0 Å². The Labute approximate surface area is 163 Å². The number of nitrogens with zero attached hydrogens (tertiary/aromatic N) is 2. The van der Waals surface area contributed by atoms with Crippen molar-refractivity contribution in [3.05, 3.63) is 35.9 Å². The van der Waals surface area contributed by atoms with Gasteiger partial charge < -0.3 is 27.2 Å². The smallest absolute Gasteiger partial charge is 1.00 e. The number of likely N-dealkylation sites (N-methyl/N-ethyl adjacent to an activating group) is 1. The lowest BCUT2D eigenvalue weighted by Crippen LogP contribution is -3.00. The van der Waals surface area contributed by atoms with Crippen LogP contribution in [0.25, 0.3) is 0 Å². The number of carbonyl (C=O) groups excluding carboxylic acids is 1. The van der Waals surface area contributed by atoms with Gasteiger partial charge in [-0.15, -0.1) is 0 Å². The van der Waals surface area contributed by atoms with Crippen LogP contribution in [0.1, 0.15) is 45.5 Å². The Hall–Kier alpha value is -1.59. The summed E-state index contributed by atoms with van der Waals surface area (Å²) in [5.74, 6) is 0.133. The molecule has 1 saturated carbocycles. The predicted molar refractivity (Wildman–Crippen MR) is 98.5 cm³/mol. The van der Waals surface area contributed by atoms with E-state index in [-0.39, 0.29) is 26.4 Å². The lowest BCUT2D eigenvalue weighted by molar-refractivity contribution is -0.174. The normalized spacial score (nSPS) is 20.5. The molecule has 0 amide bonds. The van der Waals surface area contributed by atoms with Crippen LogP contribution in [-0.4, -0.2) is 48.6 Å². The van der Waals surface area contributed by atoms with E-state index in [2.05, 4.69) is 4.99 Å². The average Bonchev–Trinajstić information content (AvgIpc) is 2.68. The molecule has 26 heavy (non-hydrogen) atoms. The zero-order chi connectivity index (χ0) is 17.7. The summed E-state index contributed by atoms with van der Waals surface area (Å²) in [4.78, 5) is 19.4. The second kappa shape index (κ2) is 9.38.